The van der Waals surface area contributed by atoms with Gasteiger partial charge in [0.1, 0.15) is 5.76 Å². The van der Waals surface area contributed by atoms with Gasteiger partial charge in [0.05, 0.1) is 7.11 Å². The number of aryl methyl sites for hydroxylation is 1. The van der Waals surface area contributed by atoms with Crippen molar-refractivity contribution in [1.82, 2.24) is 4.98 Å². The average molecular weight is 257 g/mol. The van der Waals surface area contributed by atoms with Crippen LogP contribution in [0.25, 0.3) is 11.5 Å². The minimum absolute atomic E-state index is 0.320. The first-order valence-corrected chi connectivity index (χ1v) is 6.35. The topological polar surface area (TPSA) is 52.3 Å². The third-order valence-corrected chi connectivity index (χ3v) is 3.28. The lowest BCUT2D eigenvalue weighted by Crippen LogP contribution is -2.04. The Labute approximate surface area is 111 Å². The highest BCUT2D eigenvalue weighted by Crippen LogP contribution is 2.43. The summed E-state index contributed by atoms with van der Waals surface area (Å²) in [6.45, 7) is 2.02. The first-order chi connectivity index (χ1) is 9.19. The minimum Gasteiger partial charge on any atom is -0.464 e. The number of carbonyl (C=O) groups is 1. The van der Waals surface area contributed by atoms with E-state index in [2.05, 4.69) is 4.98 Å². The molecule has 0 unspecified atom stereocenters. The molecule has 1 fully saturated rings. The van der Waals surface area contributed by atoms with Crippen molar-refractivity contribution in [2.75, 3.05) is 7.11 Å². The summed E-state index contributed by atoms with van der Waals surface area (Å²) in [6.07, 6.45) is 2.10. The largest absolute Gasteiger partial charge is 0.464 e. The number of ether oxygens (including phenoxy) is 1. The van der Waals surface area contributed by atoms with Crippen LogP contribution in [-0.4, -0.2) is 18.1 Å². The van der Waals surface area contributed by atoms with Gasteiger partial charge in [0.2, 0.25) is 5.89 Å². The van der Waals surface area contributed by atoms with Gasteiger partial charge in [0.15, 0.2) is 5.69 Å². The van der Waals surface area contributed by atoms with Crippen LogP contribution in [0.5, 0.6) is 0 Å². The fourth-order valence-electron chi connectivity index (χ4n) is 2.02. The highest BCUT2D eigenvalue weighted by molar-refractivity contribution is 5.89. The summed E-state index contributed by atoms with van der Waals surface area (Å²) in [5.74, 6) is 1.05. The van der Waals surface area contributed by atoms with Gasteiger partial charge in [0.25, 0.3) is 0 Å². The molecule has 0 saturated heterocycles. The van der Waals surface area contributed by atoms with E-state index in [1.165, 1.54) is 12.7 Å². The van der Waals surface area contributed by atoms with Crippen LogP contribution in [0.15, 0.2) is 28.7 Å². The van der Waals surface area contributed by atoms with Crippen LogP contribution in [0.1, 0.15) is 40.6 Å². The fourth-order valence-corrected chi connectivity index (χ4v) is 2.02. The van der Waals surface area contributed by atoms with Crippen molar-refractivity contribution in [2.45, 2.75) is 25.7 Å². The number of carbonyl (C=O) groups excluding carboxylic acids is 1. The van der Waals surface area contributed by atoms with Crippen LogP contribution >= 0.6 is 0 Å². The molecule has 1 aliphatic carbocycles. The first-order valence-electron chi connectivity index (χ1n) is 6.35. The number of benzene rings is 1. The molecule has 1 aliphatic rings. The SMILES string of the molecule is COC(=O)c1nc(-c2ccc(C)cc2)oc1C1CC1. The summed E-state index contributed by atoms with van der Waals surface area (Å²) in [6, 6.07) is 7.88. The molecule has 0 spiro atoms. The molecular formula is C15H15NO3. The maximum Gasteiger partial charge on any atom is 0.360 e. The van der Waals surface area contributed by atoms with Gasteiger partial charge in [-0.15, -0.1) is 0 Å². The third kappa shape index (κ3) is 2.26. The van der Waals surface area contributed by atoms with Gasteiger partial charge in [-0.25, -0.2) is 9.78 Å². The van der Waals surface area contributed by atoms with E-state index in [0.29, 0.717) is 23.3 Å². The van der Waals surface area contributed by atoms with Crippen molar-refractivity contribution in [1.29, 1.82) is 0 Å². The summed E-state index contributed by atoms with van der Waals surface area (Å²) in [5.41, 5.74) is 2.37. The molecule has 1 aromatic heterocycles. The lowest BCUT2D eigenvalue weighted by molar-refractivity contribution is 0.0592. The Morgan fingerprint density at radius 2 is 2.00 bits per heavy atom. The Kier molecular flexibility index (Phi) is 2.85. The van der Waals surface area contributed by atoms with Crippen molar-refractivity contribution < 1.29 is 13.9 Å². The van der Waals surface area contributed by atoms with E-state index in [1.54, 1.807) is 0 Å². The molecule has 19 heavy (non-hydrogen) atoms. The molecule has 0 amide bonds. The predicted molar refractivity (Wildman–Crippen MR) is 70.0 cm³/mol. The van der Waals surface area contributed by atoms with Gasteiger partial charge in [-0.3, -0.25) is 0 Å². The second-order valence-corrected chi connectivity index (χ2v) is 4.86. The molecule has 4 heteroatoms. The van der Waals surface area contributed by atoms with Gasteiger partial charge < -0.3 is 9.15 Å². The molecule has 1 heterocycles. The molecule has 1 aromatic carbocycles. The quantitative estimate of drug-likeness (QED) is 0.791. The zero-order valence-corrected chi connectivity index (χ0v) is 11.0. The lowest BCUT2D eigenvalue weighted by Gasteiger charge is -1.96. The second kappa shape index (κ2) is 4.53. The van der Waals surface area contributed by atoms with E-state index in [0.717, 1.165) is 18.4 Å². The molecule has 0 atom stereocenters. The molecule has 0 aliphatic heterocycles. The Balaban J connectivity index is 2.02. The molecule has 2 aromatic rings. The van der Waals surface area contributed by atoms with E-state index >= 15 is 0 Å². The van der Waals surface area contributed by atoms with E-state index in [-0.39, 0.29) is 0 Å². The van der Waals surface area contributed by atoms with Crippen molar-refractivity contribution in [3.05, 3.63) is 41.3 Å². The normalized spacial score (nSPS) is 14.4. The monoisotopic (exact) mass is 257 g/mol. The highest BCUT2D eigenvalue weighted by Gasteiger charge is 2.34. The number of hydrogen-bond acceptors (Lipinski definition) is 4. The second-order valence-electron chi connectivity index (χ2n) is 4.86. The van der Waals surface area contributed by atoms with Crippen LogP contribution in [0, 0.1) is 6.92 Å². The lowest BCUT2D eigenvalue weighted by atomic mass is 10.1. The van der Waals surface area contributed by atoms with Crippen molar-refractivity contribution >= 4 is 5.97 Å². The molecule has 1 saturated carbocycles. The van der Waals surface area contributed by atoms with E-state index < -0.39 is 5.97 Å². The van der Waals surface area contributed by atoms with Crippen LogP contribution in [-0.2, 0) is 4.74 Å². The van der Waals surface area contributed by atoms with Crippen LogP contribution in [0.3, 0.4) is 0 Å². The summed E-state index contributed by atoms with van der Waals surface area (Å²) in [4.78, 5) is 16.0. The maximum atomic E-state index is 11.7. The number of aromatic nitrogens is 1. The number of esters is 1. The Morgan fingerprint density at radius 3 is 2.58 bits per heavy atom. The summed E-state index contributed by atoms with van der Waals surface area (Å²) in [7, 11) is 1.36. The maximum absolute atomic E-state index is 11.7. The molecule has 3 rings (SSSR count). The van der Waals surface area contributed by atoms with Gasteiger partial charge >= 0.3 is 5.97 Å². The zero-order valence-electron chi connectivity index (χ0n) is 11.0. The van der Waals surface area contributed by atoms with E-state index in [1.807, 2.05) is 31.2 Å². The summed E-state index contributed by atoms with van der Waals surface area (Å²) in [5, 5.41) is 0. The standard InChI is InChI=1S/C15H15NO3/c1-9-3-5-11(6-4-9)14-16-12(15(17)18-2)13(19-14)10-7-8-10/h3-6,10H,7-8H2,1-2H3. The number of rotatable bonds is 3. The fraction of sp³-hybridized carbons (Fsp3) is 0.333. The molecule has 98 valence electrons. The van der Waals surface area contributed by atoms with Crippen LogP contribution < -0.4 is 0 Å². The van der Waals surface area contributed by atoms with E-state index in [9.17, 15) is 4.79 Å². The van der Waals surface area contributed by atoms with Gasteiger partial charge in [-0.05, 0) is 31.9 Å². The third-order valence-electron chi connectivity index (χ3n) is 3.28. The van der Waals surface area contributed by atoms with Gasteiger partial charge in [0, 0.05) is 11.5 Å². The summed E-state index contributed by atoms with van der Waals surface area (Å²) >= 11 is 0. The van der Waals surface area contributed by atoms with Crippen molar-refractivity contribution in [2.24, 2.45) is 0 Å². The molecule has 0 N–H and O–H groups in total. The molecule has 4 nitrogen and oxygen atoms in total. The molecule has 0 radical (unpaired) electrons. The van der Waals surface area contributed by atoms with E-state index in [4.69, 9.17) is 9.15 Å². The Bertz CT molecular complexity index is 609. The highest BCUT2D eigenvalue weighted by atomic mass is 16.5. The van der Waals surface area contributed by atoms with Crippen LogP contribution in [0.4, 0.5) is 0 Å². The Hall–Kier alpha value is -2.10. The van der Waals surface area contributed by atoms with Crippen LogP contribution in [0.2, 0.25) is 0 Å². The molecular weight excluding hydrogens is 242 g/mol. The number of hydrogen-bond donors (Lipinski definition) is 0. The van der Waals surface area contributed by atoms with Crippen molar-refractivity contribution in [3.8, 4) is 11.5 Å². The smallest absolute Gasteiger partial charge is 0.360 e. The number of oxazole rings is 1. The zero-order chi connectivity index (χ0) is 13.4. The number of methoxy groups -OCH3 is 1. The minimum atomic E-state index is -0.427. The van der Waals surface area contributed by atoms with Gasteiger partial charge in [-0.1, -0.05) is 17.7 Å². The first kappa shape index (κ1) is 12.0. The predicted octanol–water partition coefficient (Wildman–Crippen LogP) is 3.31. The Morgan fingerprint density at radius 1 is 1.32 bits per heavy atom. The number of nitrogens with zero attached hydrogens (tertiary/aromatic N) is 1. The summed E-state index contributed by atoms with van der Waals surface area (Å²) < 4.78 is 10.5. The average Bonchev–Trinajstić information content (AvgIpc) is 3.18. The van der Waals surface area contributed by atoms with Crippen molar-refractivity contribution in [3.63, 3.8) is 0 Å². The van der Waals surface area contributed by atoms with Gasteiger partial charge in [-0.2, -0.15) is 0 Å². The molecule has 0 bridgehead atoms.